The number of nitrogens with zero attached hydrogens (tertiary/aromatic N) is 2. The summed E-state index contributed by atoms with van der Waals surface area (Å²) in [7, 11) is 1.64. The molecule has 2 aromatic heterocycles. The lowest BCUT2D eigenvalue weighted by Gasteiger charge is -2.10. The van der Waals surface area contributed by atoms with E-state index in [1.165, 1.54) is 6.08 Å². The molecule has 0 unspecified atom stereocenters. The van der Waals surface area contributed by atoms with Crippen LogP contribution in [0.5, 0.6) is 5.75 Å². The molecule has 8 heteroatoms. The molecule has 1 amide bonds. The highest BCUT2D eigenvalue weighted by molar-refractivity contribution is 7.10. The highest BCUT2D eigenvalue weighted by Gasteiger charge is 2.03. The summed E-state index contributed by atoms with van der Waals surface area (Å²) in [5, 5.41) is 11.2. The summed E-state index contributed by atoms with van der Waals surface area (Å²) in [5.41, 5.74) is 1.74. The fourth-order valence-electron chi connectivity index (χ4n) is 2.50. The maximum absolute atomic E-state index is 11.8. The molecule has 0 spiro atoms. The van der Waals surface area contributed by atoms with Gasteiger partial charge in [-0.1, -0.05) is 6.07 Å². The summed E-state index contributed by atoms with van der Waals surface area (Å²) in [6.07, 6.45) is 3.33. The molecular weight excluding hydrogens is 386 g/mol. The molecular formula is C21H23N5O2S. The van der Waals surface area contributed by atoms with Crippen LogP contribution in [-0.2, 0) is 4.79 Å². The number of aromatic nitrogens is 2. The van der Waals surface area contributed by atoms with Crippen LogP contribution in [0.15, 0.2) is 53.9 Å². The second kappa shape index (κ2) is 10.2. The van der Waals surface area contributed by atoms with E-state index in [-0.39, 0.29) is 5.91 Å². The summed E-state index contributed by atoms with van der Waals surface area (Å²) < 4.78 is 5.17. The summed E-state index contributed by atoms with van der Waals surface area (Å²) >= 11 is 1.59. The Morgan fingerprint density at radius 1 is 1.17 bits per heavy atom. The van der Waals surface area contributed by atoms with E-state index in [1.54, 1.807) is 24.5 Å². The highest BCUT2D eigenvalue weighted by atomic mass is 32.1. The third kappa shape index (κ3) is 6.62. The number of nitrogens with one attached hydrogen (secondary N) is 3. The van der Waals surface area contributed by atoms with Crippen LogP contribution in [0.1, 0.15) is 10.6 Å². The molecule has 3 aromatic rings. The van der Waals surface area contributed by atoms with E-state index in [2.05, 4.69) is 25.9 Å². The SMILES string of the molecule is COc1ccc(Nc2cc(C)nc(NCCNC(=O)/C=C/c3cccs3)n2)cc1. The van der Waals surface area contributed by atoms with Crippen LogP contribution >= 0.6 is 11.3 Å². The van der Waals surface area contributed by atoms with Gasteiger partial charge in [0.05, 0.1) is 7.11 Å². The van der Waals surface area contributed by atoms with Crippen LogP contribution in [0.3, 0.4) is 0 Å². The van der Waals surface area contributed by atoms with E-state index in [0.29, 0.717) is 24.9 Å². The van der Waals surface area contributed by atoms with E-state index >= 15 is 0 Å². The molecule has 0 radical (unpaired) electrons. The maximum atomic E-state index is 11.8. The number of benzene rings is 1. The Morgan fingerprint density at radius 3 is 2.72 bits per heavy atom. The lowest BCUT2D eigenvalue weighted by Crippen LogP contribution is -2.27. The summed E-state index contributed by atoms with van der Waals surface area (Å²) in [6.45, 7) is 2.89. The van der Waals surface area contributed by atoms with Gasteiger partial charge in [0.1, 0.15) is 11.6 Å². The zero-order valence-corrected chi connectivity index (χ0v) is 17.1. The molecule has 3 rings (SSSR count). The quantitative estimate of drug-likeness (QED) is 0.368. The number of methoxy groups -OCH3 is 1. The molecule has 0 fully saturated rings. The number of hydrogen-bond acceptors (Lipinski definition) is 7. The molecule has 0 atom stereocenters. The fourth-order valence-corrected chi connectivity index (χ4v) is 3.11. The molecule has 0 aliphatic carbocycles. The van der Waals surface area contributed by atoms with Crippen LogP contribution in [0, 0.1) is 6.92 Å². The van der Waals surface area contributed by atoms with Crippen molar-refractivity contribution in [1.29, 1.82) is 0 Å². The van der Waals surface area contributed by atoms with Crippen molar-refractivity contribution in [3.63, 3.8) is 0 Å². The Kier molecular flexibility index (Phi) is 7.18. The van der Waals surface area contributed by atoms with Crippen LogP contribution in [0.4, 0.5) is 17.5 Å². The topological polar surface area (TPSA) is 88.2 Å². The van der Waals surface area contributed by atoms with Gasteiger partial charge in [-0.25, -0.2) is 4.98 Å². The second-order valence-corrected chi connectivity index (χ2v) is 7.12. The first-order valence-electron chi connectivity index (χ1n) is 9.12. The average Bonchev–Trinajstić information content (AvgIpc) is 3.23. The van der Waals surface area contributed by atoms with E-state index in [0.717, 1.165) is 22.0 Å². The Morgan fingerprint density at radius 2 is 2.00 bits per heavy atom. The Hall–Kier alpha value is -3.39. The molecule has 29 heavy (non-hydrogen) atoms. The third-order valence-electron chi connectivity index (χ3n) is 3.87. The number of aryl methyl sites for hydroxylation is 1. The van der Waals surface area contributed by atoms with Crippen molar-refractivity contribution in [2.24, 2.45) is 0 Å². The van der Waals surface area contributed by atoms with Gasteiger partial charge in [-0.15, -0.1) is 11.3 Å². The zero-order chi connectivity index (χ0) is 20.5. The van der Waals surface area contributed by atoms with E-state index in [4.69, 9.17) is 4.74 Å². The van der Waals surface area contributed by atoms with Gasteiger partial charge in [-0.3, -0.25) is 4.79 Å². The predicted octanol–water partition coefficient (Wildman–Crippen LogP) is 3.84. The van der Waals surface area contributed by atoms with Crippen molar-refractivity contribution in [2.75, 3.05) is 30.8 Å². The Labute approximate surface area is 173 Å². The molecule has 0 aliphatic heterocycles. The maximum Gasteiger partial charge on any atom is 0.244 e. The molecule has 0 aliphatic rings. The molecule has 3 N–H and O–H groups in total. The number of rotatable bonds is 9. The van der Waals surface area contributed by atoms with Crippen LogP contribution in [0.2, 0.25) is 0 Å². The van der Waals surface area contributed by atoms with Gasteiger partial charge in [0.15, 0.2) is 0 Å². The van der Waals surface area contributed by atoms with E-state index in [9.17, 15) is 4.79 Å². The Bertz CT molecular complexity index is 956. The van der Waals surface area contributed by atoms with Gasteiger partial charge in [-0.05, 0) is 48.7 Å². The first-order valence-corrected chi connectivity index (χ1v) is 10.0. The van der Waals surface area contributed by atoms with E-state index in [1.807, 2.05) is 54.8 Å². The standard InChI is InChI=1S/C21H23N5O2S/c1-15-14-19(25-16-5-7-17(28-2)8-6-16)26-21(24-15)23-12-11-22-20(27)10-9-18-4-3-13-29-18/h3-10,13-14H,11-12H2,1-2H3,(H,22,27)(H2,23,24,25,26)/b10-9+. The zero-order valence-electron chi connectivity index (χ0n) is 16.3. The molecule has 0 saturated carbocycles. The van der Waals surface area contributed by atoms with Crippen molar-refractivity contribution >= 4 is 40.8 Å². The van der Waals surface area contributed by atoms with Gasteiger partial charge >= 0.3 is 0 Å². The van der Waals surface area contributed by atoms with Gasteiger partial charge < -0.3 is 20.7 Å². The van der Waals surface area contributed by atoms with Crippen molar-refractivity contribution < 1.29 is 9.53 Å². The first kappa shape index (κ1) is 20.3. The number of carbonyl (C=O) groups excluding carboxylic acids is 1. The summed E-state index contributed by atoms with van der Waals surface area (Å²) in [5.74, 6) is 1.86. The fraction of sp³-hybridized carbons (Fsp3) is 0.190. The monoisotopic (exact) mass is 409 g/mol. The van der Waals surface area contributed by atoms with Crippen LogP contribution in [-0.4, -0.2) is 36.1 Å². The normalized spacial score (nSPS) is 10.7. The summed E-state index contributed by atoms with van der Waals surface area (Å²) in [4.78, 5) is 21.7. The average molecular weight is 410 g/mol. The highest BCUT2D eigenvalue weighted by Crippen LogP contribution is 2.19. The minimum atomic E-state index is -0.132. The predicted molar refractivity (Wildman–Crippen MR) is 118 cm³/mol. The van der Waals surface area contributed by atoms with Crippen molar-refractivity contribution in [1.82, 2.24) is 15.3 Å². The second-order valence-electron chi connectivity index (χ2n) is 6.14. The molecule has 7 nitrogen and oxygen atoms in total. The van der Waals surface area contributed by atoms with Gasteiger partial charge in [0.25, 0.3) is 0 Å². The molecule has 1 aromatic carbocycles. The molecule has 0 saturated heterocycles. The largest absolute Gasteiger partial charge is 0.497 e. The molecule has 0 bridgehead atoms. The molecule has 150 valence electrons. The van der Waals surface area contributed by atoms with Crippen molar-refractivity contribution in [2.45, 2.75) is 6.92 Å². The number of thiophene rings is 1. The number of hydrogen-bond donors (Lipinski definition) is 3. The lowest BCUT2D eigenvalue weighted by atomic mass is 10.3. The summed E-state index contributed by atoms with van der Waals surface area (Å²) in [6, 6.07) is 13.4. The van der Waals surface area contributed by atoms with Crippen LogP contribution < -0.4 is 20.7 Å². The molecule has 2 heterocycles. The first-order chi connectivity index (χ1) is 14.1. The van der Waals surface area contributed by atoms with Gasteiger partial charge in [0.2, 0.25) is 11.9 Å². The number of carbonyl (C=O) groups is 1. The van der Waals surface area contributed by atoms with Crippen LogP contribution in [0.25, 0.3) is 6.08 Å². The van der Waals surface area contributed by atoms with Crippen molar-refractivity contribution in [3.05, 3.63) is 64.5 Å². The minimum Gasteiger partial charge on any atom is -0.497 e. The van der Waals surface area contributed by atoms with Gasteiger partial charge in [-0.2, -0.15) is 4.98 Å². The number of amides is 1. The number of anilines is 3. The van der Waals surface area contributed by atoms with Gasteiger partial charge in [0, 0.05) is 41.5 Å². The van der Waals surface area contributed by atoms with Crippen molar-refractivity contribution in [3.8, 4) is 5.75 Å². The minimum absolute atomic E-state index is 0.132. The smallest absolute Gasteiger partial charge is 0.244 e. The number of ether oxygens (including phenoxy) is 1. The van der Waals surface area contributed by atoms with E-state index < -0.39 is 0 Å². The lowest BCUT2D eigenvalue weighted by molar-refractivity contribution is -0.116. The third-order valence-corrected chi connectivity index (χ3v) is 4.70. The Balaban J connectivity index is 1.48.